The molecule has 1 rings (SSSR count). The molecule has 0 saturated carbocycles. The van der Waals surface area contributed by atoms with Crippen molar-refractivity contribution in [2.75, 3.05) is 5.75 Å². The maximum Gasteiger partial charge on any atom is 0.128 e. The summed E-state index contributed by atoms with van der Waals surface area (Å²) in [5, 5.41) is 8.56. The van der Waals surface area contributed by atoms with E-state index in [9.17, 15) is 4.39 Å². The number of halogens is 1. The van der Waals surface area contributed by atoms with E-state index in [1.807, 2.05) is 13.0 Å². The summed E-state index contributed by atoms with van der Waals surface area (Å²) in [5.41, 5.74) is 6.56. The second-order valence-corrected chi connectivity index (χ2v) is 4.44. The summed E-state index contributed by atoms with van der Waals surface area (Å²) in [7, 11) is 0. The monoisotopic (exact) mass is 224 g/mol. The first-order chi connectivity index (χ1) is 7.13. The third-order valence-electron chi connectivity index (χ3n) is 1.82. The smallest absolute Gasteiger partial charge is 0.128 e. The Bertz CT molecular complexity index is 371. The van der Waals surface area contributed by atoms with Crippen LogP contribution in [0.2, 0.25) is 0 Å². The second-order valence-electron chi connectivity index (χ2n) is 3.41. The molecule has 80 valence electrons. The van der Waals surface area contributed by atoms with Gasteiger partial charge in [0.25, 0.3) is 0 Å². The molecule has 0 amide bonds. The minimum absolute atomic E-state index is 0.122. The molecule has 0 aliphatic rings. The van der Waals surface area contributed by atoms with Crippen molar-refractivity contribution in [2.24, 2.45) is 5.73 Å². The van der Waals surface area contributed by atoms with Gasteiger partial charge in [-0.25, -0.2) is 4.39 Å². The summed E-state index contributed by atoms with van der Waals surface area (Å²) in [6.07, 6.45) is 0. The molecule has 1 atom stereocenters. The fourth-order valence-electron chi connectivity index (χ4n) is 1.09. The van der Waals surface area contributed by atoms with Gasteiger partial charge in [0.15, 0.2) is 0 Å². The Labute approximate surface area is 93.3 Å². The molecule has 0 heterocycles. The van der Waals surface area contributed by atoms with Crippen LogP contribution in [-0.2, 0) is 5.75 Å². The SMILES string of the molecule is CC(N)CSCc1ccc(C#N)cc1F. The molecule has 0 aromatic heterocycles. The van der Waals surface area contributed by atoms with E-state index < -0.39 is 0 Å². The van der Waals surface area contributed by atoms with Crippen LogP contribution in [0.5, 0.6) is 0 Å². The topological polar surface area (TPSA) is 49.8 Å². The molecule has 1 unspecified atom stereocenters. The molecule has 15 heavy (non-hydrogen) atoms. The largest absolute Gasteiger partial charge is 0.327 e. The summed E-state index contributed by atoms with van der Waals surface area (Å²) >= 11 is 1.59. The summed E-state index contributed by atoms with van der Waals surface area (Å²) in [5.74, 6) is 1.09. The molecule has 0 saturated heterocycles. The molecule has 0 fully saturated rings. The van der Waals surface area contributed by atoms with Crippen LogP contribution in [0, 0.1) is 17.1 Å². The predicted molar refractivity (Wildman–Crippen MR) is 60.9 cm³/mol. The maximum absolute atomic E-state index is 13.4. The van der Waals surface area contributed by atoms with Gasteiger partial charge in [0.1, 0.15) is 5.82 Å². The van der Waals surface area contributed by atoms with Crippen molar-refractivity contribution in [3.8, 4) is 6.07 Å². The molecule has 2 N–H and O–H groups in total. The van der Waals surface area contributed by atoms with Crippen LogP contribution in [0.25, 0.3) is 0 Å². The number of hydrogen-bond donors (Lipinski definition) is 1. The standard InChI is InChI=1S/C11H13FN2S/c1-8(14)6-15-7-10-3-2-9(5-13)4-11(10)12/h2-4,8H,6-7,14H2,1H3. The minimum atomic E-state index is -0.314. The highest BCUT2D eigenvalue weighted by atomic mass is 32.2. The van der Waals surface area contributed by atoms with Gasteiger partial charge in [0, 0.05) is 17.5 Å². The van der Waals surface area contributed by atoms with Crippen molar-refractivity contribution in [3.05, 3.63) is 35.1 Å². The predicted octanol–water partition coefficient (Wildman–Crippen LogP) is 2.28. The van der Waals surface area contributed by atoms with Crippen molar-refractivity contribution >= 4 is 11.8 Å². The molecule has 0 aliphatic heterocycles. The summed E-state index contributed by atoms with van der Waals surface area (Å²) in [6, 6.07) is 6.57. The lowest BCUT2D eigenvalue weighted by Crippen LogP contribution is -2.17. The number of rotatable bonds is 4. The van der Waals surface area contributed by atoms with Crippen molar-refractivity contribution < 1.29 is 4.39 Å². The number of thioether (sulfide) groups is 1. The highest BCUT2D eigenvalue weighted by Crippen LogP contribution is 2.17. The van der Waals surface area contributed by atoms with E-state index in [0.29, 0.717) is 16.9 Å². The van der Waals surface area contributed by atoms with E-state index in [-0.39, 0.29) is 11.9 Å². The lowest BCUT2D eigenvalue weighted by molar-refractivity contribution is 0.617. The third-order valence-corrected chi connectivity index (χ3v) is 3.10. The van der Waals surface area contributed by atoms with Gasteiger partial charge in [-0.15, -0.1) is 0 Å². The van der Waals surface area contributed by atoms with Crippen molar-refractivity contribution in [1.82, 2.24) is 0 Å². The summed E-state index contributed by atoms with van der Waals surface area (Å²) < 4.78 is 13.4. The van der Waals surface area contributed by atoms with Crippen LogP contribution in [0.15, 0.2) is 18.2 Å². The van der Waals surface area contributed by atoms with Crippen molar-refractivity contribution in [1.29, 1.82) is 5.26 Å². The fraction of sp³-hybridized carbons (Fsp3) is 0.364. The van der Waals surface area contributed by atoms with Crippen LogP contribution in [0.3, 0.4) is 0 Å². The zero-order valence-electron chi connectivity index (χ0n) is 8.53. The van der Waals surface area contributed by atoms with Crippen LogP contribution >= 0.6 is 11.8 Å². The molecule has 1 aromatic rings. The van der Waals surface area contributed by atoms with Gasteiger partial charge in [-0.3, -0.25) is 0 Å². The molecule has 0 aliphatic carbocycles. The van der Waals surface area contributed by atoms with E-state index in [0.717, 1.165) is 5.75 Å². The Hall–Kier alpha value is -1.05. The van der Waals surface area contributed by atoms with Gasteiger partial charge in [0.2, 0.25) is 0 Å². The van der Waals surface area contributed by atoms with Gasteiger partial charge in [-0.05, 0) is 24.6 Å². The number of hydrogen-bond acceptors (Lipinski definition) is 3. The van der Waals surface area contributed by atoms with Gasteiger partial charge >= 0.3 is 0 Å². The van der Waals surface area contributed by atoms with Gasteiger partial charge < -0.3 is 5.73 Å². The lowest BCUT2D eigenvalue weighted by Gasteiger charge is -2.05. The van der Waals surface area contributed by atoms with Crippen LogP contribution < -0.4 is 5.73 Å². The van der Waals surface area contributed by atoms with E-state index in [1.165, 1.54) is 6.07 Å². The Kier molecular flexibility index (Phi) is 4.60. The van der Waals surface area contributed by atoms with Gasteiger partial charge in [-0.1, -0.05) is 6.07 Å². The molecular weight excluding hydrogens is 211 g/mol. The van der Waals surface area contributed by atoms with Gasteiger partial charge in [0.05, 0.1) is 11.6 Å². The molecule has 2 nitrogen and oxygen atoms in total. The minimum Gasteiger partial charge on any atom is -0.327 e. The number of nitrogens with zero attached hydrogens (tertiary/aromatic N) is 1. The van der Waals surface area contributed by atoms with Gasteiger partial charge in [-0.2, -0.15) is 17.0 Å². The van der Waals surface area contributed by atoms with Crippen molar-refractivity contribution in [3.63, 3.8) is 0 Å². The van der Waals surface area contributed by atoms with Crippen LogP contribution in [-0.4, -0.2) is 11.8 Å². The second kappa shape index (κ2) is 5.74. The number of nitriles is 1. The molecule has 1 aromatic carbocycles. The van der Waals surface area contributed by atoms with E-state index >= 15 is 0 Å². The molecule has 0 spiro atoms. The Morgan fingerprint density at radius 2 is 2.33 bits per heavy atom. The Balaban J connectivity index is 2.59. The number of nitrogens with two attached hydrogens (primary N) is 1. The van der Waals surface area contributed by atoms with E-state index in [2.05, 4.69) is 0 Å². The first kappa shape index (κ1) is 12.0. The molecule has 0 bridgehead atoms. The summed E-state index contributed by atoms with van der Waals surface area (Å²) in [4.78, 5) is 0. The van der Waals surface area contributed by atoms with Crippen molar-refractivity contribution in [2.45, 2.75) is 18.7 Å². The Morgan fingerprint density at radius 3 is 2.87 bits per heavy atom. The third kappa shape index (κ3) is 3.90. The fourth-order valence-corrected chi connectivity index (χ4v) is 2.03. The normalized spacial score (nSPS) is 12.1. The zero-order valence-corrected chi connectivity index (χ0v) is 9.35. The van der Waals surface area contributed by atoms with Crippen LogP contribution in [0.4, 0.5) is 4.39 Å². The first-order valence-electron chi connectivity index (χ1n) is 4.65. The lowest BCUT2D eigenvalue weighted by atomic mass is 10.1. The quantitative estimate of drug-likeness (QED) is 0.853. The molecule has 0 radical (unpaired) electrons. The zero-order chi connectivity index (χ0) is 11.3. The molecule has 4 heteroatoms. The average Bonchev–Trinajstić information content (AvgIpc) is 2.20. The molecular formula is C11H13FN2S. The maximum atomic E-state index is 13.4. The average molecular weight is 224 g/mol. The Morgan fingerprint density at radius 1 is 1.60 bits per heavy atom. The first-order valence-corrected chi connectivity index (χ1v) is 5.81. The van der Waals surface area contributed by atoms with E-state index in [1.54, 1.807) is 23.9 Å². The number of benzene rings is 1. The van der Waals surface area contributed by atoms with Crippen LogP contribution in [0.1, 0.15) is 18.1 Å². The highest BCUT2D eigenvalue weighted by Gasteiger charge is 2.04. The highest BCUT2D eigenvalue weighted by molar-refractivity contribution is 7.98. The van der Waals surface area contributed by atoms with E-state index in [4.69, 9.17) is 11.0 Å². The summed E-state index contributed by atoms with van der Waals surface area (Å²) in [6.45, 7) is 1.92.